The number of rotatable bonds is 6. The van der Waals surface area contributed by atoms with Gasteiger partial charge in [0.05, 0.1) is 5.25 Å². The van der Waals surface area contributed by atoms with E-state index >= 15 is 0 Å². The summed E-state index contributed by atoms with van der Waals surface area (Å²) in [5, 5.41) is 4.23. The zero-order valence-electron chi connectivity index (χ0n) is 12.9. The first-order chi connectivity index (χ1) is 10.5. The van der Waals surface area contributed by atoms with Gasteiger partial charge in [-0.1, -0.05) is 37.2 Å². The molecule has 0 saturated carbocycles. The van der Waals surface area contributed by atoms with Crippen molar-refractivity contribution in [2.24, 2.45) is 5.92 Å². The van der Waals surface area contributed by atoms with Gasteiger partial charge in [0.15, 0.2) is 5.16 Å². The molecule has 2 aromatic rings. The highest BCUT2D eigenvalue weighted by molar-refractivity contribution is 8.00. The molecule has 0 fully saturated rings. The van der Waals surface area contributed by atoms with Crippen molar-refractivity contribution in [3.63, 3.8) is 0 Å². The van der Waals surface area contributed by atoms with Gasteiger partial charge < -0.3 is 5.32 Å². The second kappa shape index (κ2) is 7.70. The van der Waals surface area contributed by atoms with Gasteiger partial charge in [-0.05, 0) is 37.1 Å². The molecule has 0 spiro atoms. The van der Waals surface area contributed by atoms with Crippen LogP contribution in [-0.2, 0) is 4.79 Å². The molecule has 1 aromatic carbocycles. The normalized spacial score (nSPS) is 12.4. The first kappa shape index (κ1) is 16.9. The molecule has 6 heteroatoms. The number of thioether (sulfide) groups is 1. The molecule has 0 unspecified atom stereocenters. The summed E-state index contributed by atoms with van der Waals surface area (Å²) in [5.74, 6) is 0.474. The third kappa shape index (κ3) is 4.52. The summed E-state index contributed by atoms with van der Waals surface area (Å²) < 4.78 is 1.95. The molecule has 118 valence electrons. The molecule has 0 saturated heterocycles. The Morgan fingerprint density at radius 3 is 2.64 bits per heavy atom. The maximum atomic E-state index is 12.1. The summed E-state index contributed by atoms with van der Waals surface area (Å²) >= 11 is 7.36. The highest BCUT2D eigenvalue weighted by Crippen LogP contribution is 2.25. The van der Waals surface area contributed by atoms with Crippen LogP contribution in [0.3, 0.4) is 0 Å². The van der Waals surface area contributed by atoms with Crippen molar-refractivity contribution in [1.29, 1.82) is 0 Å². The molecule has 0 aliphatic heterocycles. The van der Waals surface area contributed by atoms with E-state index in [1.54, 1.807) is 6.20 Å². The average Bonchev–Trinajstić information content (AvgIpc) is 2.93. The van der Waals surface area contributed by atoms with E-state index in [0.717, 1.165) is 10.8 Å². The van der Waals surface area contributed by atoms with Crippen molar-refractivity contribution < 1.29 is 4.79 Å². The number of imidazole rings is 1. The fourth-order valence-electron chi connectivity index (χ4n) is 1.84. The summed E-state index contributed by atoms with van der Waals surface area (Å²) in [7, 11) is 0. The van der Waals surface area contributed by atoms with E-state index in [9.17, 15) is 4.79 Å². The number of hydrogen-bond acceptors (Lipinski definition) is 3. The number of benzene rings is 1. The maximum Gasteiger partial charge on any atom is 0.233 e. The number of hydrogen-bond donors (Lipinski definition) is 1. The average molecular weight is 338 g/mol. The van der Waals surface area contributed by atoms with Gasteiger partial charge in [0.1, 0.15) is 0 Å². The number of carbonyl (C=O) groups excluding carboxylic acids is 1. The number of amides is 1. The quantitative estimate of drug-likeness (QED) is 0.816. The molecule has 22 heavy (non-hydrogen) atoms. The van der Waals surface area contributed by atoms with Crippen LogP contribution in [0.5, 0.6) is 0 Å². The number of nitrogens with one attached hydrogen (secondary N) is 1. The third-order valence-electron chi connectivity index (χ3n) is 3.05. The highest BCUT2D eigenvalue weighted by atomic mass is 35.5. The van der Waals surface area contributed by atoms with Crippen LogP contribution in [0.2, 0.25) is 5.02 Å². The SMILES string of the molecule is CC(C)CNC(=O)[C@@H](C)Sc1nccn1-c1ccc(Cl)cc1. The lowest BCUT2D eigenvalue weighted by Crippen LogP contribution is -2.33. The van der Waals surface area contributed by atoms with Crippen LogP contribution in [-0.4, -0.2) is 27.3 Å². The number of carbonyl (C=O) groups is 1. The summed E-state index contributed by atoms with van der Waals surface area (Å²) in [6.07, 6.45) is 3.61. The van der Waals surface area contributed by atoms with Crippen molar-refractivity contribution in [2.45, 2.75) is 31.2 Å². The van der Waals surface area contributed by atoms with Gasteiger partial charge in [-0.25, -0.2) is 4.98 Å². The fraction of sp³-hybridized carbons (Fsp3) is 0.375. The molecule has 0 radical (unpaired) electrons. The Labute approximate surface area is 140 Å². The van der Waals surface area contributed by atoms with Crippen molar-refractivity contribution >= 4 is 29.3 Å². The first-order valence-corrected chi connectivity index (χ1v) is 8.46. The second-order valence-corrected chi connectivity index (χ2v) is 7.20. The molecule has 0 bridgehead atoms. The van der Waals surface area contributed by atoms with Crippen LogP contribution < -0.4 is 5.32 Å². The third-order valence-corrected chi connectivity index (χ3v) is 4.38. The number of nitrogens with zero attached hydrogens (tertiary/aromatic N) is 2. The van der Waals surface area contributed by atoms with E-state index in [2.05, 4.69) is 24.1 Å². The molecular formula is C16H20ClN3OS. The number of halogens is 1. The summed E-state index contributed by atoms with van der Waals surface area (Å²) in [4.78, 5) is 16.4. The van der Waals surface area contributed by atoms with Crippen molar-refractivity contribution in [2.75, 3.05) is 6.54 Å². The van der Waals surface area contributed by atoms with E-state index < -0.39 is 0 Å². The summed E-state index contributed by atoms with van der Waals surface area (Å²) in [5.41, 5.74) is 0.971. The maximum absolute atomic E-state index is 12.1. The minimum Gasteiger partial charge on any atom is -0.355 e. The zero-order chi connectivity index (χ0) is 16.1. The topological polar surface area (TPSA) is 46.9 Å². The Hall–Kier alpha value is -1.46. The van der Waals surface area contributed by atoms with Crippen LogP contribution in [0, 0.1) is 5.92 Å². The van der Waals surface area contributed by atoms with Gasteiger partial charge in [-0.15, -0.1) is 0 Å². The predicted octanol–water partition coefficient (Wildman–Crippen LogP) is 3.78. The van der Waals surface area contributed by atoms with Crippen LogP contribution in [0.15, 0.2) is 41.8 Å². The van der Waals surface area contributed by atoms with Crippen LogP contribution in [0.1, 0.15) is 20.8 Å². The number of aromatic nitrogens is 2. The lowest BCUT2D eigenvalue weighted by Gasteiger charge is -2.14. The largest absolute Gasteiger partial charge is 0.355 e. The molecule has 1 atom stereocenters. The Kier molecular flexibility index (Phi) is 5.91. The molecule has 1 aromatic heterocycles. The lowest BCUT2D eigenvalue weighted by atomic mass is 10.2. The molecule has 0 aliphatic rings. The Morgan fingerprint density at radius 1 is 1.32 bits per heavy atom. The molecule has 1 amide bonds. The van der Waals surface area contributed by atoms with Gasteiger partial charge in [-0.3, -0.25) is 9.36 Å². The Bertz CT molecular complexity index is 625. The Balaban J connectivity index is 2.06. The van der Waals surface area contributed by atoms with Gasteiger partial charge in [0, 0.05) is 29.6 Å². The van der Waals surface area contributed by atoms with Gasteiger partial charge in [0.25, 0.3) is 0 Å². The van der Waals surface area contributed by atoms with E-state index in [4.69, 9.17) is 11.6 Å². The first-order valence-electron chi connectivity index (χ1n) is 7.21. The minimum absolute atomic E-state index is 0.0318. The van der Waals surface area contributed by atoms with Crippen LogP contribution in [0.4, 0.5) is 0 Å². The Morgan fingerprint density at radius 2 is 2.00 bits per heavy atom. The van der Waals surface area contributed by atoms with Crippen molar-refractivity contribution in [3.05, 3.63) is 41.7 Å². The molecule has 1 heterocycles. The zero-order valence-corrected chi connectivity index (χ0v) is 14.5. The van der Waals surface area contributed by atoms with Crippen LogP contribution in [0.25, 0.3) is 5.69 Å². The monoisotopic (exact) mass is 337 g/mol. The molecule has 1 N–H and O–H groups in total. The molecular weight excluding hydrogens is 318 g/mol. The molecule has 2 rings (SSSR count). The van der Waals surface area contributed by atoms with Crippen molar-refractivity contribution in [1.82, 2.24) is 14.9 Å². The highest BCUT2D eigenvalue weighted by Gasteiger charge is 2.17. The predicted molar refractivity (Wildman–Crippen MR) is 91.7 cm³/mol. The van der Waals surface area contributed by atoms with E-state index in [1.807, 2.05) is 42.0 Å². The lowest BCUT2D eigenvalue weighted by molar-refractivity contribution is -0.120. The van der Waals surface area contributed by atoms with Gasteiger partial charge >= 0.3 is 0 Å². The fourth-order valence-corrected chi connectivity index (χ4v) is 2.87. The molecule has 0 aliphatic carbocycles. The van der Waals surface area contributed by atoms with Crippen molar-refractivity contribution in [3.8, 4) is 5.69 Å². The van der Waals surface area contributed by atoms with Crippen LogP contribution >= 0.6 is 23.4 Å². The second-order valence-electron chi connectivity index (χ2n) is 5.46. The minimum atomic E-state index is -0.202. The molecule has 4 nitrogen and oxygen atoms in total. The van der Waals surface area contributed by atoms with Gasteiger partial charge in [0.2, 0.25) is 5.91 Å². The summed E-state index contributed by atoms with van der Waals surface area (Å²) in [6.45, 7) is 6.73. The van der Waals surface area contributed by atoms with E-state index in [0.29, 0.717) is 17.5 Å². The standard InChI is InChI=1S/C16H20ClN3OS/c1-11(2)10-19-15(21)12(3)22-16-18-8-9-20(16)14-6-4-13(17)5-7-14/h4-9,11-12H,10H2,1-3H3,(H,19,21)/t12-/m1/s1. The summed E-state index contributed by atoms with van der Waals surface area (Å²) in [6, 6.07) is 7.53. The van der Waals surface area contributed by atoms with Gasteiger partial charge in [-0.2, -0.15) is 0 Å². The smallest absolute Gasteiger partial charge is 0.233 e. The van der Waals surface area contributed by atoms with E-state index in [1.165, 1.54) is 11.8 Å². The van der Waals surface area contributed by atoms with E-state index in [-0.39, 0.29) is 11.2 Å².